The molecule has 108 valence electrons. The summed E-state index contributed by atoms with van der Waals surface area (Å²) in [7, 11) is 0. The van der Waals surface area contributed by atoms with Gasteiger partial charge in [-0.1, -0.05) is 0 Å². The lowest BCUT2D eigenvalue weighted by Crippen LogP contribution is -2.47. The van der Waals surface area contributed by atoms with Gasteiger partial charge in [0.15, 0.2) is 0 Å². The summed E-state index contributed by atoms with van der Waals surface area (Å²) in [5, 5.41) is 3.44. The van der Waals surface area contributed by atoms with Crippen molar-refractivity contribution in [3.05, 3.63) is 0 Å². The van der Waals surface area contributed by atoms with Crippen LogP contribution in [-0.4, -0.2) is 66.7 Å². The fraction of sp³-hybridized carbons (Fsp3) is 0.846. The lowest BCUT2D eigenvalue weighted by atomic mass is 10.2. The van der Waals surface area contributed by atoms with Gasteiger partial charge >= 0.3 is 6.09 Å². The highest BCUT2D eigenvalue weighted by atomic mass is 16.6. The van der Waals surface area contributed by atoms with Gasteiger partial charge in [0, 0.05) is 18.6 Å². The molecule has 2 amide bonds. The molecule has 0 aromatic heterocycles. The van der Waals surface area contributed by atoms with Gasteiger partial charge in [0.25, 0.3) is 0 Å². The molecule has 1 unspecified atom stereocenters. The first-order valence-corrected chi connectivity index (χ1v) is 7.02. The maximum atomic E-state index is 12.1. The predicted molar refractivity (Wildman–Crippen MR) is 70.8 cm³/mol. The summed E-state index contributed by atoms with van der Waals surface area (Å²) in [6.07, 6.45) is 1.85. The molecule has 2 aliphatic heterocycles. The summed E-state index contributed by atoms with van der Waals surface area (Å²) in [4.78, 5) is 26.8. The summed E-state index contributed by atoms with van der Waals surface area (Å²) in [6.45, 7) is 7.04. The second kappa shape index (κ2) is 6.34. The Bertz CT molecular complexity index is 340. The normalized spacial score (nSPS) is 23.5. The number of rotatable bonds is 5. The Morgan fingerprint density at radius 3 is 2.89 bits per heavy atom. The average molecular weight is 269 g/mol. The van der Waals surface area contributed by atoms with Crippen LogP contribution in [0.4, 0.5) is 4.79 Å². The van der Waals surface area contributed by atoms with Crippen LogP contribution in [0.15, 0.2) is 0 Å². The van der Waals surface area contributed by atoms with E-state index in [9.17, 15) is 9.59 Å². The predicted octanol–water partition coefficient (Wildman–Crippen LogP) is 0.428. The van der Waals surface area contributed by atoms with Crippen molar-refractivity contribution >= 4 is 12.0 Å². The third-order valence-electron chi connectivity index (χ3n) is 3.75. The number of imide groups is 1. The van der Waals surface area contributed by atoms with Crippen LogP contribution in [-0.2, 0) is 9.53 Å². The lowest BCUT2D eigenvalue weighted by Gasteiger charge is -2.29. The quantitative estimate of drug-likeness (QED) is 0.784. The SMILES string of the molecule is CC(C)N(CC(=O)N1CCOC1=O)CC1CCCN1. The van der Waals surface area contributed by atoms with Crippen LogP contribution in [0.5, 0.6) is 0 Å². The summed E-state index contributed by atoms with van der Waals surface area (Å²) in [5.74, 6) is -0.158. The van der Waals surface area contributed by atoms with Crippen molar-refractivity contribution in [1.82, 2.24) is 15.1 Å². The fourth-order valence-corrected chi connectivity index (χ4v) is 2.53. The Kier molecular flexibility index (Phi) is 4.76. The third-order valence-corrected chi connectivity index (χ3v) is 3.75. The molecule has 6 nitrogen and oxygen atoms in total. The van der Waals surface area contributed by atoms with Crippen LogP contribution in [0, 0.1) is 0 Å². The molecule has 0 radical (unpaired) electrons. The minimum absolute atomic E-state index is 0.158. The highest BCUT2D eigenvalue weighted by Gasteiger charge is 2.30. The Morgan fingerprint density at radius 2 is 2.37 bits per heavy atom. The van der Waals surface area contributed by atoms with E-state index in [2.05, 4.69) is 24.1 Å². The van der Waals surface area contributed by atoms with Gasteiger partial charge in [0.2, 0.25) is 5.91 Å². The molecular weight excluding hydrogens is 246 g/mol. The molecule has 0 spiro atoms. The van der Waals surface area contributed by atoms with E-state index in [1.807, 2.05) is 0 Å². The Hall–Kier alpha value is -1.14. The van der Waals surface area contributed by atoms with Crippen LogP contribution in [0.3, 0.4) is 0 Å². The van der Waals surface area contributed by atoms with Crippen LogP contribution >= 0.6 is 0 Å². The molecule has 0 saturated carbocycles. The summed E-state index contributed by atoms with van der Waals surface area (Å²) < 4.78 is 4.80. The molecule has 1 atom stereocenters. The van der Waals surface area contributed by atoms with Crippen molar-refractivity contribution in [3.8, 4) is 0 Å². The zero-order valence-corrected chi connectivity index (χ0v) is 11.7. The van der Waals surface area contributed by atoms with Crippen molar-refractivity contribution in [2.24, 2.45) is 0 Å². The monoisotopic (exact) mass is 269 g/mol. The minimum Gasteiger partial charge on any atom is -0.447 e. The smallest absolute Gasteiger partial charge is 0.416 e. The highest BCUT2D eigenvalue weighted by molar-refractivity contribution is 5.94. The number of carbonyl (C=O) groups excluding carboxylic acids is 2. The Morgan fingerprint density at radius 1 is 1.58 bits per heavy atom. The van der Waals surface area contributed by atoms with Gasteiger partial charge in [-0.3, -0.25) is 9.69 Å². The molecule has 2 saturated heterocycles. The summed E-state index contributed by atoms with van der Waals surface area (Å²) in [6, 6.07) is 0.741. The molecule has 0 aliphatic carbocycles. The molecule has 2 heterocycles. The molecule has 19 heavy (non-hydrogen) atoms. The van der Waals surface area contributed by atoms with E-state index in [0.717, 1.165) is 19.5 Å². The van der Waals surface area contributed by atoms with E-state index >= 15 is 0 Å². The first kappa shape index (κ1) is 14.3. The van der Waals surface area contributed by atoms with Gasteiger partial charge in [0.1, 0.15) is 6.61 Å². The highest BCUT2D eigenvalue weighted by Crippen LogP contribution is 2.11. The molecule has 2 aliphatic rings. The van der Waals surface area contributed by atoms with E-state index in [1.54, 1.807) is 0 Å². The van der Waals surface area contributed by atoms with E-state index in [-0.39, 0.29) is 18.5 Å². The number of hydrogen-bond donors (Lipinski definition) is 1. The van der Waals surface area contributed by atoms with Crippen molar-refractivity contribution in [2.75, 3.05) is 32.8 Å². The Labute approximate surface area is 114 Å². The first-order chi connectivity index (χ1) is 9.08. The van der Waals surface area contributed by atoms with Gasteiger partial charge in [-0.2, -0.15) is 0 Å². The van der Waals surface area contributed by atoms with E-state index in [1.165, 1.54) is 11.3 Å². The second-order valence-corrected chi connectivity index (χ2v) is 5.48. The summed E-state index contributed by atoms with van der Waals surface area (Å²) >= 11 is 0. The molecule has 1 N–H and O–H groups in total. The largest absolute Gasteiger partial charge is 0.447 e. The topological polar surface area (TPSA) is 61.9 Å². The van der Waals surface area contributed by atoms with Crippen molar-refractivity contribution < 1.29 is 14.3 Å². The lowest BCUT2D eigenvalue weighted by molar-refractivity contribution is -0.129. The third kappa shape index (κ3) is 3.67. The van der Waals surface area contributed by atoms with Crippen LogP contribution in [0.2, 0.25) is 0 Å². The average Bonchev–Trinajstić information content (AvgIpc) is 2.99. The van der Waals surface area contributed by atoms with Gasteiger partial charge in [-0.15, -0.1) is 0 Å². The van der Waals surface area contributed by atoms with E-state index in [4.69, 9.17) is 4.74 Å². The van der Waals surface area contributed by atoms with Gasteiger partial charge < -0.3 is 10.1 Å². The second-order valence-electron chi connectivity index (χ2n) is 5.48. The van der Waals surface area contributed by atoms with E-state index < -0.39 is 6.09 Å². The number of carbonyl (C=O) groups is 2. The molecule has 0 aromatic carbocycles. The molecule has 0 aromatic rings. The van der Waals surface area contributed by atoms with Crippen molar-refractivity contribution in [3.63, 3.8) is 0 Å². The molecular formula is C13H23N3O3. The van der Waals surface area contributed by atoms with Crippen LogP contribution in [0.25, 0.3) is 0 Å². The standard InChI is InChI=1S/C13H23N3O3/c1-10(2)15(8-11-4-3-5-14-11)9-12(17)16-6-7-19-13(16)18/h10-11,14H,3-9H2,1-2H3. The number of cyclic esters (lactones) is 1. The van der Waals surface area contributed by atoms with E-state index in [0.29, 0.717) is 19.2 Å². The Balaban J connectivity index is 1.88. The van der Waals surface area contributed by atoms with Crippen LogP contribution < -0.4 is 5.32 Å². The molecule has 6 heteroatoms. The van der Waals surface area contributed by atoms with Crippen LogP contribution in [0.1, 0.15) is 26.7 Å². The minimum atomic E-state index is -0.507. The van der Waals surface area contributed by atoms with Gasteiger partial charge in [-0.05, 0) is 33.2 Å². The number of hydrogen-bond acceptors (Lipinski definition) is 5. The first-order valence-electron chi connectivity index (χ1n) is 7.02. The van der Waals surface area contributed by atoms with Crippen molar-refractivity contribution in [2.45, 2.75) is 38.8 Å². The van der Waals surface area contributed by atoms with Gasteiger partial charge in [-0.25, -0.2) is 9.69 Å². The zero-order chi connectivity index (χ0) is 13.8. The number of ether oxygens (including phenoxy) is 1. The summed E-state index contributed by atoms with van der Waals surface area (Å²) in [5.41, 5.74) is 0. The van der Waals surface area contributed by atoms with Gasteiger partial charge in [0.05, 0.1) is 13.1 Å². The zero-order valence-electron chi connectivity index (χ0n) is 11.7. The number of nitrogens with one attached hydrogen (secondary N) is 1. The molecule has 2 rings (SSSR count). The molecule has 2 fully saturated rings. The number of nitrogens with zero attached hydrogens (tertiary/aromatic N) is 2. The maximum absolute atomic E-state index is 12.1. The molecule has 0 bridgehead atoms. The van der Waals surface area contributed by atoms with Crippen molar-refractivity contribution in [1.29, 1.82) is 0 Å². The number of amides is 2. The maximum Gasteiger partial charge on any atom is 0.416 e. The fourth-order valence-electron chi connectivity index (χ4n) is 2.53.